The number of rotatable bonds is 4. The zero-order valence-electron chi connectivity index (χ0n) is 15.9. The molecular weight excluding hydrogens is 378 g/mol. The van der Waals surface area contributed by atoms with Crippen molar-refractivity contribution in [3.63, 3.8) is 0 Å². The van der Waals surface area contributed by atoms with Crippen molar-refractivity contribution in [1.82, 2.24) is 24.7 Å². The first-order chi connectivity index (χ1) is 14.7. The van der Waals surface area contributed by atoms with E-state index in [-0.39, 0.29) is 11.5 Å². The molecule has 0 radical (unpaired) electrons. The molecule has 0 unspecified atom stereocenters. The Balaban J connectivity index is 1.34. The van der Waals surface area contributed by atoms with E-state index < -0.39 is 0 Å². The molecule has 0 aliphatic rings. The first kappa shape index (κ1) is 17.8. The van der Waals surface area contributed by atoms with Crippen LogP contribution in [0, 0.1) is 0 Å². The standard InChI is InChI=1S/C23H17N5O2/c29-22-6-5-19(11-25-22)17-2-1-16-10-18(4-3-15(16)9-17)23(30)26-12-20-14-28-8-7-24-13-21(28)27-20/h1-11,13-14H,12H2,(H,25,29)(H,26,30). The minimum atomic E-state index is -0.156. The average molecular weight is 395 g/mol. The maximum Gasteiger partial charge on any atom is 0.251 e. The number of H-pyrrole nitrogens is 1. The summed E-state index contributed by atoms with van der Waals surface area (Å²) in [6.45, 7) is 0.337. The van der Waals surface area contributed by atoms with Gasteiger partial charge in [-0.15, -0.1) is 0 Å². The number of aromatic amines is 1. The summed E-state index contributed by atoms with van der Waals surface area (Å²) in [6, 6.07) is 14.9. The van der Waals surface area contributed by atoms with Gasteiger partial charge in [-0.25, -0.2) is 4.98 Å². The molecule has 0 saturated carbocycles. The fraction of sp³-hybridized carbons (Fsp3) is 0.0435. The molecular formula is C23H17N5O2. The van der Waals surface area contributed by atoms with E-state index in [0.29, 0.717) is 12.1 Å². The molecule has 3 heterocycles. The molecule has 5 rings (SSSR count). The molecule has 0 spiro atoms. The normalized spacial score (nSPS) is 11.1. The number of nitrogens with one attached hydrogen (secondary N) is 2. The predicted molar refractivity (Wildman–Crippen MR) is 114 cm³/mol. The number of benzene rings is 2. The Morgan fingerprint density at radius 2 is 1.87 bits per heavy atom. The van der Waals surface area contributed by atoms with Gasteiger partial charge < -0.3 is 14.7 Å². The quantitative estimate of drug-likeness (QED) is 0.489. The van der Waals surface area contributed by atoms with Crippen molar-refractivity contribution in [3.05, 3.63) is 101 Å². The van der Waals surface area contributed by atoms with Crippen LogP contribution in [0.5, 0.6) is 0 Å². The summed E-state index contributed by atoms with van der Waals surface area (Å²) in [6.07, 6.45) is 8.75. The third kappa shape index (κ3) is 3.44. The van der Waals surface area contributed by atoms with E-state index in [1.165, 1.54) is 6.07 Å². The SMILES string of the molecule is O=C(NCc1cn2ccncc2n1)c1ccc2cc(-c3ccc(=O)[nH]c3)ccc2c1. The van der Waals surface area contributed by atoms with Crippen LogP contribution in [0.1, 0.15) is 16.1 Å². The second kappa shape index (κ2) is 7.29. The van der Waals surface area contributed by atoms with Crippen LogP contribution in [-0.2, 0) is 6.54 Å². The van der Waals surface area contributed by atoms with Gasteiger partial charge in [0.25, 0.3) is 5.91 Å². The zero-order valence-corrected chi connectivity index (χ0v) is 15.9. The summed E-state index contributed by atoms with van der Waals surface area (Å²) < 4.78 is 1.87. The van der Waals surface area contributed by atoms with E-state index >= 15 is 0 Å². The van der Waals surface area contributed by atoms with Gasteiger partial charge in [-0.1, -0.05) is 18.2 Å². The fourth-order valence-corrected chi connectivity index (χ4v) is 3.41. The van der Waals surface area contributed by atoms with Gasteiger partial charge in [0.05, 0.1) is 18.4 Å². The molecule has 2 aromatic carbocycles. The van der Waals surface area contributed by atoms with Gasteiger partial charge >= 0.3 is 0 Å². The number of hydrogen-bond acceptors (Lipinski definition) is 4. The molecule has 0 bridgehead atoms. The van der Waals surface area contributed by atoms with Crippen molar-refractivity contribution in [1.29, 1.82) is 0 Å². The molecule has 2 N–H and O–H groups in total. The number of imidazole rings is 1. The summed E-state index contributed by atoms with van der Waals surface area (Å²) in [7, 11) is 0. The molecule has 0 fully saturated rings. The van der Waals surface area contributed by atoms with Crippen LogP contribution in [0.2, 0.25) is 0 Å². The maximum atomic E-state index is 12.6. The van der Waals surface area contributed by atoms with Crippen LogP contribution in [-0.4, -0.2) is 25.3 Å². The third-order valence-corrected chi connectivity index (χ3v) is 4.96. The lowest BCUT2D eigenvalue weighted by Crippen LogP contribution is -2.22. The van der Waals surface area contributed by atoms with Gasteiger partial charge in [-0.05, 0) is 46.2 Å². The van der Waals surface area contributed by atoms with Crippen LogP contribution in [0.3, 0.4) is 0 Å². The molecule has 0 aliphatic heterocycles. The number of carbonyl (C=O) groups excluding carboxylic acids is 1. The minimum Gasteiger partial charge on any atom is -0.346 e. The van der Waals surface area contributed by atoms with Crippen LogP contribution in [0.25, 0.3) is 27.5 Å². The van der Waals surface area contributed by atoms with Crippen molar-refractivity contribution in [2.45, 2.75) is 6.54 Å². The smallest absolute Gasteiger partial charge is 0.251 e. The summed E-state index contributed by atoms with van der Waals surface area (Å²) in [5, 5.41) is 4.90. The number of amides is 1. The van der Waals surface area contributed by atoms with Gasteiger partial charge in [0.1, 0.15) is 0 Å². The van der Waals surface area contributed by atoms with E-state index in [2.05, 4.69) is 20.3 Å². The van der Waals surface area contributed by atoms with Crippen LogP contribution in [0.4, 0.5) is 0 Å². The van der Waals surface area contributed by atoms with Crippen molar-refractivity contribution in [2.24, 2.45) is 0 Å². The van der Waals surface area contributed by atoms with E-state index in [1.807, 2.05) is 53.2 Å². The van der Waals surface area contributed by atoms with Crippen LogP contribution in [0.15, 0.2) is 84.3 Å². The summed E-state index contributed by atoms with van der Waals surface area (Å²) >= 11 is 0. The fourth-order valence-electron chi connectivity index (χ4n) is 3.41. The lowest BCUT2D eigenvalue weighted by Gasteiger charge is -2.07. The lowest BCUT2D eigenvalue weighted by atomic mass is 10.0. The van der Waals surface area contributed by atoms with Crippen molar-refractivity contribution in [2.75, 3.05) is 0 Å². The molecule has 5 aromatic rings. The minimum absolute atomic E-state index is 0.129. The van der Waals surface area contributed by atoms with Crippen molar-refractivity contribution < 1.29 is 4.79 Å². The number of nitrogens with zero attached hydrogens (tertiary/aromatic N) is 3. The first-order valence-corrected chi connectivity index (χ1v) is 9.44. The Hall–Kier alpha value is -4.26. The summed E-state index contributed by atoms with van der Waals surface area (Å²) in [5.41, 5.74) is 3.90. The van der Waals surface area contributed by atoms with Crippen molar-refractivity contribution >= 4 is 22.3 Å². The van der Waals surface area contributed by atoms with E-state index in [1.54, 1.807) is 24.7 Å². The Morgan fingerprint density at radius 3 is 2.70 bits per heavy atom. The van der Waals surface area contributed by atoms with Crippen LogP contribution < -0.4 is 10.9 Å². The summed E-state index contributed by atoms with van der Waals surface area (Å²) in [5.74, 6) is -0.156. The van der Waals surface area contributed by atoms with Gasteiger partial charge in [0.15, 0.2) is 5.65 Å². The molecule has 0 saturated heterocycles. The number of fused-ring (bicyclic) bond motifs is 2. The van der Waals surface area contributed by atoms with Gasteiger partial charge in [-0.3, -0.25) is 14.6 Å². The molecule has 146 valence electrons. The topological polar surface area (TPSA) is 92.2 Å². The Labute approximate surface area is 171 Å². The van der Waals surface area contributed by atoms with Crippen molar-refractivity contribution in [3.8, 4) is 11.1 Å². The highest BCUT2D eigenvalue weighted by molar-refractivity contribution is 5.99. The van der Waals surface area contributed by atoms with E-state index in [0.717, 1.165) is 33.2 Å². The van der Waals surface area contributed by atoms with Gasteiger partial charge in [0.2, 0.25) is 5.56 Å². The molecule has 0 atom stereocenters. The Morgan fingerprint density at radius 1 is 1.03 bits per heavy atom. The molecule has 30 heavy (non-hydrogen) atoms. The summed E-state index contributed by atoms with van der Waals surface area (Å²) in [4.78, 5) is 35.0. The third-order valence-electron chi connectivity index (χ3n) is 4.96. The van der Waals surface area contributed by atoms with Crippen LogP contribution >= 0.6 is 0 Å². The molecule has 0 aliphatic carbocycles. The molecule has 3 aromatic heterocycles. The maximum absolute atomic E-state index is 12.6. The average Bonchev–Trinajstić information content (AvgIpc) is 3.20. The largest absolute Gasteiger partial charge is 0.346 e. The lowest BCUT2D eigenvalue weighted by molar-refractivity contribution is 0.0950. The Bertz CT molecular complexity index is 1400. The first-order valence-electron chi connectivity index (χ1n) is 9.44. The van der Waals surface area contributed by atoms with Gasteiger partial charge in [-0.2, -0.15) is 0 Å². The molecule has 7 heteroatoms. The second-order valence-corrected chi connectivity index (χ2v) is 6.98. The molecule has 7 nitrogen and oxygen atoms in total. The molecule has 1 amide bonds. The highest BCUT2D eigenvalue weighted by Gasteiger charge is 2.09. The predicted octanol–water partition coefficient (Wildman–Crippen LogP) is 3.17. The monoisotopic (exact) mass is 395 g/mol. The van der Waals surface area contributed by atoms with E-state index in [4.69, 9.17) is 0 Å². The number of carbonyl (C=O) groups is 1. The van der Waals surface area contributed by atoms with E-state index in [9.17, 15) is 9.59 Å². The Kier molecular flexibility index (Phi) is 4.33. The number of aromatic nitrogens is 4. The highest BCUT2D eigenvalue weighted by atomic mass is 16.1. The number of hydrogen-bond donors (Lipinski definition) is 2. The van der Waals surface area contributed by atoms with Gasteiger partial charge in [0, 0.05) is 36.4 Å². The zero-order chi connectivity index (χ0) is 20.5. The number of pyridine rings is 1. The second-order valence-electron chi connectivity index (χ2n) is 6.98. The highest BCUT2D eigenvalue weighted by Crippen LogP contribution is 2.24.